The normalized spacial score (nSPS) is 9.95. The van der Waals surface area contributed by atoms with E-state index in [-0.39, 0.29) is 11.5 Å². The van der Waals surface area contributed by atoms with Crippen molar-refractivity contribution in [3.8, 4) is 0 Å². The van der Waals surface area contributed by atoms with E-state index in [0.717, 1.165) is 3.57 Å². The molecule has 4 nitrogen and oxygen atoms in total. The zero-order valence-electron chi connectivity index (χ0n) is 9.76. The molecule has 0 atom stereocenters. The smallest absolute Gasteiger partial charge is 0.337 e. The third kappa shape index (κ3) is 3.31. The van der Waals surface area contributed by atoms with Gasteiger partial charge in [-0.2, -0.15) is 0 Å². The van der Waals surface area contributed by atoms with Crippen LogP contribution in [0.3, 0.4) is 0 Å². The zero-order chi connectivity index (χ0) is 13.8. The molecule has 19 heavy (non-hydrogen) atoms. The standard InChI is InChI=1S/C14H10INO3/c15-10-6-7-11(14(18)19)12(8-10)16-13(17)9-4-2-1-3-5-9/h1-8H,(H,16,17)(H,18,19). The van der Waals surface area contributed by atoms with Crippen LogP contribution in [0.2, 0.25) is 0 Å². The Hall–Kier alpha value is -1.89. The maximum absolute atomic E-state index is 12.0. The van der Waals surface area contributed by atoms with E-state index in [1.807, 2.05) is 6.07 Å². The van der Waals surface area contributed by atoms with Gasteiger partial charge in [0.2, 0.25) is 0 Å². The maximum atomic E-state index is 12.0. The summed E-state index contributed by atoms with van der Waals surface area (Å²) in [6, 6.07) is 13.4. The van der Waals surface area contributed by atoms with Crippen molar-refractivity contribution in [2.75, 3.05) is 5.32 Å². The minimum absolute atomic E-state index is 0.0738. The summed E-state index contributed by atoms with van der Waals surface area (Å²) in [5.41, 5.74) is 0.857. The number of hydrogen-bond donors (Lipinski definition) is 2. The number of carboxylic acid groups (broad SMARTS) is 1. The van der Waals surface area contributed by atoms with Crippen LogP contribution >= 0.6 is 22.6 Å². The largest absolute Gasteiger partial charge is 0.478 e. The molecule has 0 unspecified atom stereocenters. The number of amides is 1. The van der Waals surface area contributed by atoms with Crippen LogP contribution in [0, 0.1) is 3.57 Å². The molecule has 0 aliphatic heterocycles. The second-order valence-corrected chi connectivity index (χ2v) is 5.06. The number of rotatable bonds is 3. The summed E-state index contributed by atoms with van der Waals surface area (Å²) in [6.07, 6.45) is 0. The van der Waals surface area contributed by atoms with E-state index >= 15 is 0 Å². The third-order valence-corrected chi connectivity index (χ3v) is 3.17. The molecule has 1 amide bonds. The molecule has 5 heteroatoms. The fraction of sp³-hybridized carbons (Fsp3) is 0. The van der Waals surface area contributed by atoms with E-state index < -0.39 is 5.97 Å². The lowest BCUT2D eigenvalue weighted by Crippen LogP contribution is -2.14. The van der Waals surface area contributed by atoms with Gasteiger partial charge in [0.1, 0.15) is 0 Å². The summed E-state index contributed by atoms with van der Waals surface area (Å²) in [7, 11) is 0. The summed E-state index contributed by atoms with van der Waals surface area (Å²) in [5, 5.41) is 11.7. The van der Waals surface area contributed by atoms with Crippen molar-refractivity contribution in [3.63, 3.8) is 0 Å². The van der Waals surface area contributed by atoms with E-state index in [1.165, 1.54) is 6.07 Å². The Balaban J connectivity index is 2.31. The molecule has 0 heterocycles. The van der Waals surface area contributed by atoms with Gasteiger partial charge in [0.15, 0.2) is 0 Å². The molecule has 0 bridgehead atoms. The highest BCUT2D eigenvalue weighted by molar-refractivity contribution is 14.1. The van der Waals surface area contributed by atoms with Gasteiger partial charge in [0, 0.05) is 9.13 Å². The van der Waals surface area contributed by atoms with Crippen molar-refractivity contribution >= 4 is 40.2 Å². The van der Waals surface area contributed by atoms with Gasteiger partial charge in [-0.3, -0.25) is 4.79 Å². The fourth-order valence-electron chi connectivity index (χ4n) is 1.59. The fourth-order valence-corrected chi connectivity index (χ4v) is 2.08. The highest BCUT2D eigenvalue weighted by Crippen LogP contribution is 2.20. The molecule has 2 aromatic rings. The Morgan fingerprint density at radius 1 is 1.05 bits per heavy atom. The van der Waals surface area contributed by atoms with Crippen molar-refractivity contribution in [2.45, 2.75) is 0 Å². The van der Waals surface area contributed by atoms with Gasteiger partial charge in [-0.1, -0.05) is 18.2 Å². The highest BCUT2D eigenvalue weighted by Gasteiger charge is 2.13. The summed E-state index contributed by atoms with van der Waals surface area (Å²) in [4.78, 5) is 23.1. The lowest BCUT2D eigenvalue weighted by Gasteiger charge is -2.09. The van der Waals surface area contributed by atoms with E-state index in [9.17, 15) is 9.59 Å². The Kier molecular flexibility index (Phi) is 4.16. The molecule has 0 aliphatic rings. The van der Waals surface area contributed by atoms with Crippen LogP contribution in [0.4, 0.5) is 5.69 Å². The molecule has 2 aromatic carbocycles. The van der Waals surface area contributed by atoms with Crippen LogP contribution in [0.25, 0.3) is 0 Å². The Labute approximate surface area is 123 Å². The Morgan fingerprint density at radius 2 is 1.74 bits per heavy atom. The SMILES string of the molecule is O=C(Nc1cc(I)ccc1C(=O)O)c1ccccc1. The number of halogens is 1. The number of nitrogens with one attached hydrogen (secondary N) is 1. The number of benzene rings is 2. The molecule has 0 saturated heterocycles. The van der Waals surface area contributed by atoms with Crippen molar-refractivity contribution in [1.82, 2.24) is 0 Å². The molecule has 2 N–H and O–H groups in total. The summed E-state index contributed by atoms with van der Waals surface area (Å²) >= 11 is 2.06. The predicted molar refractivity (Wildman–Crippen MR) is 80.5 cm³/mol. The van der Waals surface area contributed by atoms with Crippen LogP contribution in [0.15, 0.2) is 48.5 Å². The topological polar surface area (TPSA) is 66.4 Å². The Bertz CT molecular complexity index is 626. The first-order valence-corrected chi connectivity index (χ1v) is 6.55. The molecule has 0 aliphatic carbocycles. The molecule has 2 rings (SSSR count). The van der Waals surface area contributed by atoms with E-state index in [4.69, 9.17) is 5.11 Å². The molecule has 0 saturated carbocycles. The number of carbonyl (C=O) groups excluding carboxylic acids is 1. The van der Waals surface area contributed by atoms with Gasteiger partial charge < -0.3 is 10.4 Å². The van der Waals surface area contributed by atoms with Crippen LogP contribution < -0.4 is 5.32 Å². The average Bonchev–Trinajstić information content (AvgIpc) is 2.39. The summed E-state index contributed by atoms with van der Waals surface area (Å²) in [5.74, 6) is -1.40. The van der Waals surface area contributed by atoms with Crippen molar-refractivity contribution in [3.05, 3.63) is 63.2 Å². The summed E-state index contributed by atoms with van der Waals surface area (Å²) < 4.78 is 0.853. The molecular formula is C14H10INO3. The predicted octanol–water partition coefficient (Wildman–Crippen LogP) is 3.24. The van der Waals surface area contributed by atoms with Crippen molar-refractivity contribution in [1.29, 1.82) is 0 Å². The lowest BCUT2D eigenvalue weighted by atomic mass is 10.1. The van der Waals surface area contributed by atoms with E-state index in [0.29, 0.717) is 11.3 Å². The molecule has 96 valence electrons. The van der Waals surface area contributed by atoms with Crippen LogP contribution in [-0.4, -0.2) is 17.0 Å². The maximum Gasteiger partial charge on any atom is 0.337 e. The zero-order valence-corrected chi connectivity index (χ0v) is 11.9. The number of carboxylic acids is 1. The van der Waals surface area contributed by atoms with Gasteiger partial charge in [0.05, 0.1) is 11.3 Å². The van der Waals surface area contributed by atoms with Crippen LogP contribution in [0.1, 0.15) is 20.7 Å². The lowest BCUT2D eigenvalue weighted by molar-refractivity contribution is 0.0698. The van der Waals surface area contributed by atoms with Crippen LogP contribution in [-0.2, 0) is 0 Å². The first kappa shape index (κ1) is 13.5. The molecule has 0 radical (unpaired) electrons. The molecule has 0 aromatic heterocycles. The second-order valence-electron chi connectivity index (χ2n) is 3.82. The Morgan fingerprint density at radius 3 is 2.37 bits per heavy atom. The second kappa shape index (κ2) is 5.83. The monoisotopic (exact) mass is 367 g/mol. The highest BCUT2D eigenvalue weighted by atomic mass is 127. The first-order chi connectivity index (χ1) is 9.08. The van der Waals surface area contributed by atoms with Gasteiger partial charge >= 0.3 is 5.97 Å². The van der Waals surface area contributed by atoms with Gasteiger partial charge in [0.25, 0.3) is 5.91 Å². The average molecular weight is 367 g/mol. The van der Waals surface area contributed by atoms with Gasteiger partial charge in [-0.05, 0) is 52.9 Å². The third-order valence-electron chi connectivity index (χ3n) is 2.50. The quantitative estimate of drug-likeness (QED) is 0.819. The van der Waals surface area contributed by atoms with Gasteiger partial charge in [-0.25, -0.2) is 4.79 Å². The molecule has 0 spiro atoms. The minimum Gasteiger partial charge on any atom is -0.478 e. The molecular weight excluding hydrogens is 357 g/mol. The van der Waals surface area contributed by atoms with Crippen LogP contribution in [0.5, 0.6) is 0 Å². The van der Waals surface area contributed by atoms with Crippen molar-refractivity contribution < 1.29 is 14.7 Å². The molecule has 0 fully saturated rings. The summed E-state index contributed by atoms with van der Waals surface area (Å²) in [6.45, 7) is 0. The minimum atomic E-state index is -1.07. The number of carbonyl (C=O) groups is 2. The van der Waals surface area contributed by atoms with E-state index in [1.54, 1.807) is 36.4 Å². The van der Waals surface area contributed by atoms with Crippen molar-refractivity contribution in [2.24, 2.45) is 0 Å². The number of hydrogen-bond acceptors (Lipinski definition) is 2. The van der Waals surface area contributed by atoms with E-state index in [2.05, 4.69) is 27.9 Å². The first-order valence-electron chi connectivity index (χ1n) is 5.47. The number of aromatic carboxylic acids is 1. The number of anilines is 1. The van der Waals surface area contributed by atoms with Gasteiger partial charge in [-0.15, -0.1) is 0 Å².